The van der Waals surface area contributed by atoms with Crippen molar-refractivity contribution in [2.75, 3.05) is 9.80 Å². The second kappa shape index (κ2) is 12.6. The standard InChI is InChI=1S/C35H37N5/c1-5-26-12-9-14-30(22-26)39(34-24-28(7-3)18-20-36-34)32-16-11-17-33(38-32)40(31-15-10-13-27(6-2)23-31)35-25-29(8-4)19-21-37-35/h9-25H,5-8H2,1-4H3. The Labute approximate surface area is 238 Å². The Morgan fingerprint density at radius 3 is 1.27 bits per heavy atom. The maximum atomic E-state index is 5.27. The topological polar surface area (TPSA) is 45.2 Å². The van der Waals surface area contributed by atoms with Gasteiger partial charge in [-0.05, 0) is 109 Å². The van der Waals surface area contributed by atoms with Crippen LogP contribution in [0.5, 0.6) is 0 Å². The third-order valence-electron chi connectivity index (χ3n) is 7.23. The van der Waals surface area contributed by atoms with Gasteiger partial charge < -0.3 is 0 Å². The second-order valence-electron chi connectivity index (χ2n) is 9.82. The molecule has 3 aromatic heterocycles. The number of anilines is 6. The van der Waals surface area contributed by atoms with Crippen LogP contribution >= 0.6 is 0 Å². The molecule has 0 unspecified atom stereocenters. The van der Waals surface area contributed by atoms with Gasteiger partial charge in [-0.1, -0.05) is 58.0 Å². The van der Waals surface area contributed by atoms with Crippen LogP contribution in [-0.2, 0) is 25.7 Å². The zero-order chi connectivity index (χ0) is 27.9. The lowest BCUT2D eigenvalue weighted by Crippen LogP contribution is -2.17. The third-order valence-corrected chi connectivity index (χ3v) is 7.23. The lowest BCUT2D eigenvalue weighted by molar-refractivity contribution is 1.05. The minimum atomic E-state index is 0.801. The highest BCUT2D eigenvalue weighted by Gasteiger charge is 2.20. The lowest BCUT2D eigenvalue weighted by Gasteiger charge is -2.27. The van der Waals surface area contributed by atoms with Crippen LogP contribution < -0.4 is 9.80 Å². The van der Waals surface area contributed by atoms with Gasteiger partial charge in [-0.15, -0.1) is 0 Å². The molecule has 5 heteroatoms. The van der Waals surface area contributed by atoms with E-state index in [-0.39, 0.29) is 0 Å². The fraction of sp³-hybridized carbons (Fsp3) is 0.229. The molecule has 40 heavy (non-hydrogen) atoms. The van der Waals surface area contributed by atoms with Crippen LogP contribution in [0.3, 0.4) is 0 Å². The Balaban J connectivity index is 1.69. The summed E-state index contributed by atoms with van der Waals surface area (Å²) in [6.45, 7) is 8.69. The van der Waals surface area contributed by atoms with Gasteiger partial charge in [-0.25, -0.2) is 15.0 Å². The largest absolute Gasteiger partial charge is 0.279 e. The molecule has 0 bridgehead atoms. The summed E-state index contributed by atoms with van der Waals surface area (Å²) in [7, 11) is 0. The molecule has 0 aliphatic heterocycles. The molecule has 0 radical (unpaired) electrons. The Morgan fingerprint density at radius 1 is 0.450 bits per heavy atom. The van der Waals surface area contributed by atoms with Crippen molar-refractivity contribution in [1.29, 1.82) is 0 Å². The van der Waals surface area contributed by atoms with Crippen molar-refractivity contribution in [3.8, 4) is 0 Å². The van der Waals surface area contributed by atoms with E-state index < -0.39 is 0 Å². The zero-order valence-corrected chi connectivity index (χ0v) is 23.9. The molecular formula is C35H37N5. The van der Waals surface area contributed by atoms with Crippen LogP contribution in [0, 0.1) is 0 Å². The van der Waals surface area contributed by atoms with Crippen molar-refractivity contribution in [1.82, 2.24) is 15.0 Å². The monoisotopic (exact) mass is 527 g/mol. The Hall–Kier alpha value is -4.51. The SMILES string of the molecule is CCc1cccc(N(c2cc(CC)ccn2)c2cccc(N(c3cccc(CC)c3)c3cc(CC)ccn3)n2)c1. The molecule has 0 aliphatic rings. The number of benzene rings is 2. The van der Waals surface area contributed by atoms with E-state index in [9.17, 15) is 0 Å². The summed E-state index contributed by atoms with van der Waals surface area (Å²) in [6, 6.07) is 31.9. The smallest absolute Gasteiger partial charge is 0.141 e. The number of hydrogen-bond donors (Lipinski definition) is 0. The maximum Gasteiger partial charge on any atom is 0.141 e. The van der Waals surface area contributed by atoms with Gasteiger partial charge in [0, 0.05) is 23.8 Å². The highest BCUT2D eigenvalue weighted by atomic mass is 15.3. The van der Waals surface area contributed by atoms with Crippen molar-refractivity contribution >= 4 is 34.6 Å². The van der Waals surface area contributed by atoms with E-state index >= 15 is 0 Å². The van der Waals surface area contributed by atoms with Gasteiger partial charge in [0.25, 0.3) is 0 Å². The van der Waals surface area contributed by atoms with E-state index in [1.165, 1.54) is 22.3 Å². The van der Waals surface area contributed by atoms with Gasteiger partial charge in [0.1, 0.15) is 23.3 Å². The first-order chi connectivity index (χ1) is 19.6. The average molecular weight is 528 g/mol. The molecule has 0 saturated heterocycles. The summed E-state index contributed by atoms with van der Waals surface area (Å²) in [6.07, 6.45) is 7.56. The number of hydrogen-bond acceptors (Lipinski definition) is 5. The van der Waals surface area contributed by atoms with Crippen LogP contribution in [0.1, 0.15) is 49.9 Å². The van der Waals surface area contributed by atoms with Crippen molar-refractivity contribution in [3.05, 3.63) is 126 Å². The van der Waals surface area contributed by atoms with Crippen molar-refractivity contribution in [2.24, 2.45) is 0 Å². The molecule has 0 fully saturated rings. The molecule has 0 saturated carbocycles. The van der Waals surface area contributed by atoms with Crippen molar-refractivity contribution < 1.29 is 0 Å². The van der Waals surface area contributed by atoms with Crippen LogP contribution in [0.15, 0.2) is 103 Å². The number of aryl methyl sites for hydroxylation is 4. The fourth-order valence-corrected chi connectivity index (χ4v) is 4.86. The summed E-state index contributed by atoms with van der Waals surface area (Å²) >= 11 is 0. The lowest BCUT2D eigenvalue weighted by atomic mass is 10.1. The molecule has 0 spiro atoms. The van der Waals surface area contributed by atoms with Gasteiger partial charge >= 0.3 is 0 Å². The highest BCUT2D eigenvalue weighted by Crippen LogP contribution is 2.37. The van der Waals surface area contributed by atoms with Gasteiger partial charge in [-0.3, -0.25) is 9.80 Å². The summed E-state index contributed by atoms with van der Waals surface area (Å²) < 4.78 is 0. The van der Waals surface area contributed by atoms with Crippen LogP contribution in [0.2, 0.25) is 0 Å². The number of pyridine rings is 3. The predicted molar refractivity (Wildman–Crippen MR) is 167 cm³/mol. The molecule has 2 aromatic carbocycles. The number of aromatic nitrogens is 3. The van der Waals surface area contributed by atoms with Gasteiger partial charge in [0.15, 0.2) is 0 Å². The maximum absolute atomic E-state index is 5.27. The average Bonchev–Trinajstić information content (AvgIpc) is 3.02. The summed E-state index contributed by atoms with van der Waals surface area (Å²) in [5, 5.41) is 0. The predicted octanol–water partition coefficient (Wildman–Crippen LogP) is 9.06. The molecular weight excluding hydrogens is 490 g/mol. The Kier molecular flexibility index (Phi) is 8.50. The third kappa shape index (κ3) is 5.89. The fourth-order valence-electron chi connectivity index (χ4n) is 4.86. The molecule has 0 aliphatic carbocycles. The molecule has 0 atom stereocenters. The minimum absolute atomic E-state index is 0.801. The minimum Gasteiger partial charge on any atom is -0.279 e. The second-order valence-corrected chi connectivity index (χ2v) is 9.82. The normalized spacial score (nSPS) is 10.9. The zero-order valence-electron chi connectivity index (χ0n) is 23.9. The molecule has 202 valence electrons. The highest BCUT2D eigenvalue weighted by molar-refractivity contribution is 5.77. The number of rotatable bonds is 10. The first-order valence-electron chi connectivity index (χ1n) is 14.3. The quantitative estimate of drug-likeness (QED) is 0.181. The molecule has 3 heterocycles. The van der Waals surface area contributed by atoms with E-state index in [1.54, 1.807) is 0 Å². The Morgan fingerprint density at radius 2 is 0.850 bits per heavy atom. The van der Waals surface area contributed by atoms with E-state index in [2.05, 4.69) is 128 Å². The van der Waals surface area contributed by atoms with Gasteiger partial charge in [-0.2, -0.15) is 0 Å². The first-order valence-corrected chi connectivity index (χ1v) is 14.3. The number of nitrogens with zero attached hydrogens (tertiary/aromatic N) is 5. The Bertz CT molecular complexity index is 1370. The van der Waals surface area contributed by atoms with Crippen molar-refractivity contribution in [2.45, 2.75) is 53.4 Å². The summed E-state index contributed by atoms with van der Waals surface area (Å²) in [4.78, 5) is 19.2. The molecule has 0 N–H and O–H groups in total. The summed E-state index contributed by atoms with van der Waals surface area (Å²) in [5.74, 6) is 3.30. The van der Waals surface area contributed by atoms with Gasteiger partial charge in [0.2, 0.25) is 0 Å². The molecule has 5 aromatic rings. The van der Waals surface area contributed by atoms with E-state index in [4.69, 9.17) is 15.0 Å². The van der Waals surface area contributed by atoms with Crippen LogP contribution in [-0.4, -0.2) is 15.0 Å². The van der Waals surface area contributed by atoms with Crippen LogP contribution in [0.25, 0.3) is 0 Å². The molecule has 5 rings (SSSR count). The molecule has 0 amide bonds. The van der Waals surface area contributed by atoms with E-state index in [1.807, 2.05) is 12.4 Å². The van der Waals surface area contributed by atoms with E-state index in [0.29, 0.717) is 0 Å². The summed E-state index contributed by atoms with van der Waals surface area (Å²) in [5.41, 5.74) is 7.08. The molecule has 5 nitrogen and oxygen atoms in total. The van der Waals surface area contributed by atoms with Gasteiger partial charge in [0.05, 0.1) is 0 Å². The van der Waals surface area contributed by atoms with Crippen molar-refractivity contribution in [3.63, 3.8) is 0 Å². The van der Waals surface area contributed by atoms with Crippen LogP contribution in [0.4, 0.5) is 34.6 Å². The first kappa shape index (κ1) is 27.1. The van der Waals surface area contributed by atoms with E-state index in [0.717, 1.165) is 60.3 Å².